The fraction of sp³-hybridized carbons (Fsp3) is 0.167. The zero-order valence-electron chi connectivity index (χ0n) is 13.7. The third kappa shape index (κ3) is 3.09. The van der Waals surface area contributed by atoms with E-state index in [0.717, 1.165) is 22.4 Å². The molecule has 124 valence electrons. The topological polar surface area (TPSA) is 78.6 Å². The van der Waals surface area contributed by atoms with E-state index < -0.39 is 0 Å². The number of hydrogen-bond acceptors (Lipinski definition) is 6. The number of ether oxygens (including phenoxy) is 1. The number of aromatic nitrogens is 6. The van der Waals surface area contributed by atoms with Crippen molar-refractivity contribution in [3.63, 3.8) is 0 Å². The number of fused-ring (bicyclic) bond motifs is 1. The number of benzene rings is 1. The Kier molecular flexibility index (Phi) is 4.14. The van der Waals surface area contributed by atoms with Crippen molar-refractivity contribution in [2.45, 2.75) is 6.42 Å². The SMILES string of the molecule is COCCc1nc(-c2ccc3nccnc3c2)n(-c2ccccn2)n1. The predicted molar refractivity (Wildman–Crippen MR) is 93.3 cm³/mol. The molecule has 0 N–H and O–H groups in total. The molecule has 0 aliphatic rings. The smallest absolute Gasteiger partial charge is 0.165 e. The van der Waals surface area contributed by atoms with Crippen LogP contribution in [-0.4, -0.2) is 43.4 Å². The highest BCUT2D eigenvalue weighted by Gasteiger charge is 2.15. The van der Waals surface area contributed by atoms with Gasteiger partial charge in [0.25, 0.3) is 0 Å². The number of methoxy groups -OCH3 is 1. The lowest BCUT2D eigenvalue weighted by Gasteiger charge is -2.05. The molecule has 7 nitrogen and oxygen atoms in total. The summed E-state index contributed by atoms with van der Waals surface area (Å²) in [6.07, 6.45) is 5.74. The summed E-state index contributed by atoms with van der Waals surface area (Å²) < 4.78 is 6.89. The third-order valence-corrected chi connectivity index (χ3v) is 3.77. The first-order chi connectivity index (χ1) is 12.3. The van der Waals surface area contributed by atoms with Crippen molar-refractivity contribution >= 4 is 11.0 Å². The summed E-state index contributed by atoms with van der Waals surface area (Å²) in [7, 11) is 1.67. The summed E-state index contributed by atoms with van der Waals surface area (Å²) in [4.78, 5) is 17.8. The molecule has 0 aliphatic carbocycles. The van der Waals surface area contributed by atoms with Crippen molar-refractivity contribution in [1.29, 1.82) is 0 Å². The molecule has 0 bridgehead atoms. The van der Waals surface area contributed by atoms with Crippen molar-refractivity contribution in [1.82, 2.24) is 29.7 Å². The largest absolute Gasteiger partial charge is 0.384 e. The molecule has 7 heteroatoms. The van der Waals surface area contributed by atoms with Gasteiger partial charge in [0.05, 0.1) is 17.6 Å². The van der Waals surface area contributed by atoms with E-state index in [9.17, 15) is 0 Å². The van der Waals surface area contributed by atoms with Gasteiger partial charge in [-0.3, -0.25) is 9.97 Å². The summed E-state index contributed by atoms with van der Waals surface area (Å²) >= 11 is 0. The van der Waals surface area contributed by atoms with Gasteiger partial charge in [-0.25, -0.2) is 9.97 Å². The van der Waals surface area contributed by atoms with Crippen LogP contribution in [0.5, 0.6) is 0 Å². The molecular formula is C18H16N6O. The number of rotatable bonds is 5. The Balaban J connectivity index is 1.84. The van der Waals surface area contributed by atoms with Crippen LogP contribution >= 0.6 is 0 Å². The zero-order valence-corrected chi connectivity index (χ0v) is 13.7. The molecular weight excluding hydrogens is 316 g/mol. The fourth-order valence-corrected chi connectivity index (χ4v) is 2.58. The van der Waals surface area contributed by atoms with Crippen molar-refractivity contribution < 1.29 is 4.74 Å². The minimum atomic E-state index is 0.564. The highest BCUT2D eigenvalue weighted by molar-refractivity contribution is 5.79. The highest BCUT2D eigenvalue weighted by atomic mass is 16.5. The maximum Gasteiger partial charge on any atom is 0.165 e. The van der Waals surface area contributed by atoms with Gasteiger partial charge in [0, 0.05) is 37.7 Å². The second-order valence-corrected chi connectivity index (χ2v) is 5.45. The zero-order chi connectivity index (χ0) is 17.1. The van der Waals surface area contributed by atoms with Crippen LogP contribution in [0, 0.1) is 0 Å². The Bertz CT molecular complexity index is 999. The Hall–Kier alpha value is -3.19. The Morgan fingerprint density at radius 1 is 0.960 bits per heavy atom. The van der Waals surface area contributed by atoms with E-state index >= 15 is 0 Å². The van der Waals surface area contributed by atoms with Crippen LogP contribution in [0.1, 0.15) is 5.82 Å². The number of pyridine rings is 1. The second-order valence-electron chi connectivity index (χ2n) is 5.45. The average molecular weight is 332 g/mol. The molecule has 0 fully saturated rings. The van der Waals surface area contributed by atoms with E-state index in [0.29, 0.717) is 24.7 Å². The summed E-state index contributed by atoms with van der Waals surface area (Å²) in [6.45, 7) is 0.564. The van der Waals surface area contributed by atoms with Gasteiger partial charge in [0.1, 0.15) is 0 Å². The molecule has 1 aromatic carbocycles. The van der Waals surface area contributed by atoms with Gasteiger partial charge in [0.15, 0.2) is 17.5 Å². The van der Waals surface area contributed by atoms with Crippen molar-refractivity contribution in [3.05, 3.63) is 60.8 Å². The lowest BCUT2D eigenvalue weighted by atomic mass is 10.2. The molecule has 0 amide bonds. The molecule has 0 radical (unpaired) electrons. The van der Waals surface area contributed by atoms with Gasteiger partial charge in [-0.05, 0) is 30.3 Å². The average Bonchev–Trinajstić information content (AvgIpc) is 3.11. The lowest BCUT2D eigenvalue weighted by Crippen LogP contribution is -2.02. The maximum atomic E-state index is 5.14. The van der Waals surface area contributed by atoms with Crippen LogP contribution in [-0.2, 0) is 11.2 Å². The quantitative estimate of drug-likeness (QED) is 0.558. The molecule has 0 saturated heterocycles. The van der Waals surface area contributed by atoms with E-state index in [1.807, 2.05) is 36.4 Å². The fourth-order valence-electron chi connectivity index (χ4n) is 2.58. The molecule has 0 saturated carbocycles. The molecule has 0 aliphatic heterocycles. The van der Waals surface area contributed by atoms with E-state index in [4.69, 9.17) is 4.74 Å². The first-order valence-electron chi connectivity index (χ1n) is 7.92. The van der Waals surface area contributed by atoms with Gasteiger partial charge in [-0.2, -0.15) is 4.68 Å². The molecule has 3 aromatic heterocycles. The predicted octanol–water partition coefficient (Wildman–Crippen LogP) is 2.46. The van der Waals surface area contributed by atoms with E-state index in [-0.39, 0.29) is 0 Å². The molecule has 0 unspecified atom stereocenters. The monoisotopic (exact) mass is 332 g/mol. The van der Waals surface area contributed by atoms with Crippen LogP contribution in [0.4, 0.5) is 0 Å². The van der Waals surface area contributed by atoms with Gasteiger partial charge in [0.2, 0.25) is 0 Å². The van der Waals surface area contributed by atoms with Gasteiger partial charge in [-0.15, -0.1) is 5.10 Å². The van der Waals surface area contributed by atoms with Crippen molar-refractivity contribution in [2.75, 3.05) is 13.7 Å². The minimum Gasteiger partial charge on any atom is -0.384 e. The second kappa shape index (κ2) is 6.74. The van der Waals surface area contributed by atoms with Crippen LogP contribution in [0.3, 0.4) is 0 Å². The standard InChI is InChI=1S/C18H16N6O/c1-25-11-7-16-22-18(24(23-16)17-4-2-3-8-21-17)13-5-6-14-15(12-13)20-10-9-19-14/h2-6,8-10,12H,7,11H2,1H3. The van der Waals surface area contributed by atoms with Crippen molar-refractivity contribution in [2.24, 2.45) is 0 Å². The van der Waals surface area contributed by atoms with E-state index in [1.165, 1.54) is 0 Å². The Morgan fingerprint density at radius 3 is 2.64 bits per heavy atom. The Labute approximate surface area is 144 Å². The minimum absolute atomic E-state index is 0.564. The summed E-state index contributed by atoms with van der Waals surface area (Å²) in [5.74, 6) is 2.15. The molecule has 0 atom stereocenters. The van der Waals surface area contributed by atoms with Crippen LogP contribution in [0.25, 0.3) is 28.2 Å². The highest BCUT2D eigenvalue weighted by Crippen LogP contribution is 2.23. The molecule has 3 heterocycles. The maximum absolute atomic E-state index is 5.14. The van der Waals surface area contributed by atoms with Crippen LogP contribution in [0.2, 0.25) is 0 Å². The van der Waals surface area contributed by atoms with E-state index in [2.05, 4.69) is 25.0 Å². The normalized spacial score (nSPS) is 11.1. The van der Waals surface area contributed by atoms with Crippen molar-refractivity contribution in [3.8, 4) is 17.2 Å². The first-order valence-corrected chi connectivity index (χ1v) is 7.92. The van der Waals surface area contributed by atoms with Gasteiger partial charge < -0.3 is 4.74 Å². The first kappa shape index (κ1) is 15.3. The van der Waals surface area contributed by atoms with Gasteiger partial charge >= 0.3 is 0 Å². The van der Waals surface area contributed by atoms with Crippen LogP contribution < -0.4 is 0 Å². The molecule has 4 aromatic rings. The number of nitrogens with zero attached hydrogens (tertiary/aromatic N) is 6. The van der Waals surface area contributed by atoms with Gasteiger partial charge in [-0.1, -0.05) is 6.07 Å². The molecule has 25 heavy (non-hydrogen) atoms. The lowest BCUT2D eigenvalue weighted by molar-refractivity contribution is 0.200. The summed E-state index contributed by atoms with van der Waals surface area (Å²) in [6, 6.07) is 11.6. The number of hydrogen-bond donors (Lipinski definition) is 0. The summed E-state index contributed by atoms with van der Waals surface area (Å²) in [5, 5.41) is 4.60. The Morgan fingerprint density at radius 2 is 1.84 bits per heavy atom. The third-order valence-electron chi connectivity index (χ3n) is 3.77. The summed E-state index contributed by atoms with van der Waals surface area (Å²) in [5.41, 5.74) is 2.57. The molecule has 0 spiro atoms. The molecule has 4 rings (SSSR count). The van der Waals surface area contributed by atoms with Crippen LogP contribution in [0.15, 0.2) is 55.0 Å². The van der Waals surface area contributed by atoms with E-state index in [1.54, 1.807) is 30.4 Å².